The highest BCUT2D eigenvalue weighted by Gasteiger charge is 2.34. The van der Waals surface area contributed by atoms with Crippen LogP contribution in [0.15, 0.2) is 60.0 Å². The first-order valence-electron chi connectivity index (χ1n) is 8.14. The Morgan fingerprint density at radius 2 is 2.00 bits per heavy atom. The van der Waals surface area contributed by atoms with Crippen molar-refractivity contribution in [2.75, 3.05) is 11.1 Å². The van der Waals surface area contributed by atoms with E-state index in [4.69, 9.17) is 11.6 Å². The molecule has 0 saturated heterocycles. The van der Waals surface area contributed by atoms with Crippen LogP contribution in [-0.4, -0.2) is 21.2 Å². The average molecular weight is 426 g/mol. The lowest BCUT2D eigenvalue weighted by atomic mass is 10.1. The molecule has 1 N–H and O–H groups in total. The summed E-state index contributed by atoms with van der Waals surface area (Å²) in [6, 6.07) is 10.9. The molecule has 3 aromatic rings. The van der Waals surface area contributed by atoms with Crippen LogP contribution in [0.3, 0.4) is 0 Å². The molecule has 1 heterocycles. The number of benzene rings is 2. The van der Waals surface area contributed by atoms with Crippen LogP contribution >= 0.6 is 23.4 Å². The molecule has 0 aliphatic rings. The molecule has 3 rings (SSSR count). The number of para-hydroxylation sites is 1. The van der Waals surface area contributed by atoms with E-state index in [1.54, 1.807) is 12.4 Å². The van der Waals surface area contributed by atoms with E-state index in [0.717, 1.165) is 35.1 Å². The fourth-order valence-electron chi connectivity index (χ4n) is 2.59. The van der Waals surface area contributed by atoms with Gasteiger partial charge in [-0.3, -0.25) is 9.36 Å². The number of aryl methyl sites for hydroxylation is 1. The number of imidazole rings is 1. The number of carbonyl (C=O) groups is 1. The van der Waals surface area contributed by atoms with Gasteiger partial charge in [0.2, 0.25) is 5.91 Å². The van der Waals surface area contributed by atoms with Gasteiger partial charge >= 0.3 is 6.18 Å². The third-order valence-electron chi connectivity index (χ3n) is 3.88. The predicted molar refractivity (Wildman–Crippen MR) is 104 cm³/mol. The summed E-state index contributed by atoms with van der Waals surface area (Å²) in [5, 5.41) is 2.81. The number of alkyl halides is 3. The molecular weight excluding hydrogens is 411 g/mol. The highest BCUT2D eigenvalue weighted by molar-refractivity contribution is 7.99. The standard InChI is InChI=1S/C19H15ClF3N3OS/c1-12-4-2-3-5-16(12)26-9-8-24-18(26)28-11-17(27)25-15-7-6-13(20)10-14(15)19(21,22)23/h2-10H,11H2,1H3,(H,25,27). The Morgan fingerprint density at radius 3 is 2.71 bits per heavy atom. The minimum atomic E-state index is -4.62. The molecule has 0 bridgehead atoms. The quantitative estimate of drug-likeness (QED) is 0.542. The number of carbonyl (C=O) groups excluding carboxylic acids is 1. The van der Waals surface area contributed by atoms with Crippen molar-refractivity contribution < 1.29 is 18.0 Å². The molecule has 28 heavy (non-hydrogen) atoms. The zero-order valence-electron chi connectivity index (χ0n) is 14.6. The van der Waals surface area contributed by atoms with Gasteiger partial charge in [0.15, 0.2) is 5.16 Å². The lowest BCUT2D eigenvalue weighted by Crippen LogP contribution is -2.18. The summed E-state index contributed by atoms with van der Waals surface area (Å²) in [5.74, 6) is -0.667. The van der Waals surface area contributed by atoms with Crippen molar-refractivity contribution in [3.63, 3.8) is 0 Å². The molecule has 4 nitrogen and oxygen atoms in total. The molecule has 1 amide bonds. The maximum Gasteiger partial charge on any atom is 0.418 e. The van der Waals surface area contributed by atoms with Crippen LogP contribution in [0, 0.1) is 6.92 Å². The number of aromatic nitrogens is 2. The molecular formula is C19H15ClF3N3OS. The lowest BCUT2D eigenvalue weighted by molar-refractivity contribution is -0.137. The molecule has 0 radical (unpaired) electrons. The Hall–Kier alpha value is -2.45. The molecule has 2 aromatic carbocycles. The SMILES string of the molecule is Cc1ccccc1-n1ccnc1SCC(=O)Nc1ccc(Cl)cc1C(F)(F)F. The van der Waals surface area contributed by atoms with Crippen molar-refractivity contribution in [3.8, 4) is 5.69 Å². The van der Waals surface area contributed by atoms with Gasteiger partial charge in [-0.15, -0.1) is 0 Å². The van der Waals surface area contributed by atoms with Crippen molar-refractivity contribution in [2.24, 2.45) is 0 Å². The van der Waals surface area contributed by atoms with Crippen molar-refractivity contribution in [1.82, 2.24) is 9.55 Å². The van der Waals surface area contributed by atoms with Crippen LogP contribution in [0.1, 0.15) is 11.1 Å². The largest absolute Gasteiger partial charge is 0.418 e. The number of halogens is 4. The Labute approximate surface area is 168 Å². The zero-order chi connectivity index (χ0) is 20.3. The van der Waals surface area contributed by atoms with Crippen LogP contribution < -0.4 is 5.32 Å². The Kier molecular flexibility index (Phi) is 6.00. The van der Waals surface area contributed by atoms with Crippen molar-refractivity contribution in [2.45, 2.75) is 18.3 Å². The normalized spacial score (nSPS) is 11.5. The van der Waals surface area contributed by atoms with Crippen molar-refractivity contribution in [1.29, 1.82) is 0 Å². The highest BCUT2D eigenvalue weighted by atomic mass is 35.5. The molecule has 1 aromatic heterocycles. The third kappa shape index (κ3) is 4.69. The van der Waals surface area contributed by atoms with E-state index >= 15 is 0 Å². The first-order chi connectivity index (χ1) is 13.3. The van der Waals surface area contributed by atoms with Gasteiger partial charge < -0.3 is 5.32 Å². The van der Waals surface area contributed by atoms with E-state index in [2.05, 4.69) is 10.3 Å². The summed E-state index contributed by atoms with van der Waals surface area (Å²) in [7, 11) is 0. The van der Waals surface area contributed by atoms with E-state index < -0.39 is 17.6 Å². The van der Waals surface area contributed by atoms with E-state index in [1.165, 1.54) is 6.07 Å². The molecule has 0 spiro atoms. The van der Waals surface area contributed by atoms with E-state index in [1.807, 2.05) is 35.8 Å². The van der Waals surface area contributed by atoms with Crippen molar-refractivity contribution in [3.05, 3.63) is 71.0 Å². The molecule has 0 saturated carbocycles. The molecule has 0 aliphatic heterocycles. The maximum atomic E-state index is 13.1. The van der Waals surface area contributed by atoms with E-state index in [0.29, 0.717) is 5.16 Å². The zero-order valence-corrected chi connectivity index (χ0v) is 16.2. The number of hydrogen-bond donors (Lipinski definition) is 1. The summed E-state index contributed by atoms with van der Waals surface area (Å²) >= 11 is 6.78. The topological polar surface area (TPSA) is 46.9 Å². The van der Waals surface area contributed by atoms with Gasteiger partial charge in [-0.1, -0.05) is 41.6 Å². The highest BCUT2D eigenvalue weighted by Crippen LogP contribution is 2.36. The predicted octanol–water partition coefficient (Wildman–Crippen LogP) is 5.58. The summed E-state index contributed by atoms with van der Waals surface area (Å²) in [6.07, 6.45) is -1.25. The number of thioether (sulfide) groups is 1. The summed E-state index contributed by atoms with van der Waals surface area (Å²) in [5.41, 5.74) is 0.632. The van der Waals surface area contributed by atoms with Gasteiger partial charge in [-0.25, -0.2) is 4.98 Å². The number of nitrogens with one attached hydrogen (secondary N) is 1. The Morgan fingerprint density at radius 1 is 1.25 bits per heavy atom. The van der Waals surface area contributed by atoms with Crippen LogP contribution in [-0.2, 0) is 11.0 Å². The number of amides is 1. The van der Waals surface area contributed by atoms with Crippen LogP contribution in [0.2, 0.25) is 5.02 Å². The number of nitrogens with zero attached hydrogens (tertiary/aromatic N) is 2. The van der Waals surface area contributed by atoms with Gasteiger partial charge in [-0.05, 0) is 36.8 Å². The first kappa shape index (κ1) is 20.3. The van der Waals surface area contributed by atoms with Crippen LogP contribution in [0.25, 0.3) is 5.69 Å². The molecule has 0 aliphatic carbocycles. The monoisotopic (exact) mass is 425 g/mol. The van der Waals surface area contributed by atoms with E-state index in [9.17, 15) is 18.0 Å². The minimum Gasteiger partial charge on any atom is -0.325 e. The molecule has 9 heteroatoms. The summed E-state index contributed by atoms with van der Waals surface area (Å²) in [6.45, 7) is 1.95. The number of rotatable bonds is 5. The molecule has 0 fully saturated rings. The molecule has 0 unspecified atom stereocenters. The fraction of sp³-hybridized carbons (Fsp3) is 0.158. The number of anilines is 1. The lowest BCUT2D eigenvalue weighted by Gasteiger charge is -2.14. The third-order valence-corrected chi connectivity index (χ3v) is 5.08. The average Bonchev–Trinajstić information content (AvgIpc) is 3.09. The number of hydrogen-bond acceptors (Lipinski definition) is 3. The van der Waals surface area contributed by atoms with Gasteiger partial charge in [0.1, 0.15) is 0 Å². The van der Waals surface area contributed by atoms with Crippen LogP contribution in [0.4, 0.5) is 18.9 Å². The second kappa shape index (κ2) is 8.28. The van der Waals surface area contributed by atoms with Gasteiger partial charge in [0.25, 0.3) is 0 Å². The first-order valence-corrected chi connectivity index (χ1v) is 9.51. The Bertz CT molecular complexity index is 1000. The Balaban J connectivity index is 1.72. The van der Waals surface area contributed by atoms with Crippen LogP contribution in [0.5, 0.6) is 0 Å². The van der Waals surface area contributed by atoms with Crippen molar-refractivity contribution >= 4 is 35.0 Å². The smallest absolute Gasteiger partial charge is 0.325 e. The maximum absolute atomic E-state index is 13.1. The summed E-state index contributed by atoms with van der Waals surface area (Å²) in [4.78, 5) is 16.4. The molecule has 0 atom stereocenters. The fourth-order valence-corrected chi connectivity index (χ4v) is 3.53. The second-order valence-corrected chi connectivity index (χ2v) is 7.27. The van der Waals surface area contributed by atoms with Gasteiger partial charge in [-0.2, -0.15) is 13.2 Å². The van der Waals surface area contributed by atoms with Gasteiger partial charge in [0, 0.05) is 17.4 Å². The van der Waals surface area contributed by atoms with E-state index in [-0.39, 0.29) is 16.5 Å². The second-order valence-electron chi connectivity index (χ2n) is 5.89. The summed E-state index contributed by atoms with van der Waals surface area (Å²) < 4.78 is 41.2. The minimum absolute atomic E-state index is 0.0556. The molecule has 146 valence electrons. The van der Waals surface area contributed by atoms with Gasteiger partial charge in [0.05, 0.1) is 22.7 Å².